The minimum atomic E-state index is -0.0963. The summed E-state index contributed by atoms with van der Waals surface area (Å²) in [6, 6.07) is 9.49. The van der Waals surface area contributed by atoms with Gasteiger partial charge in [-0.3, -0.25) is 9.78 Å². The number of para-hydroxylation sites is 1. The molecule has 9 nitrogen and oxygen atoms in total. The molecule has 4 rings (SSSR count). The van der Waals surface area contributed by atoms with Crippen molar-refractivity contribution >= 4 is 23.4 Å². The third-order valence-corrected chi connectivity index (χ3v) is 5.29. The molecular formula is C21H20N6O3S. The van der Waals surface area contributed by atoms with Gasteiger partial charge in [-0.25, -0.2) is 0 Å². The normalized spacial score (nSPS) is 10.9. The minimum Gasteiger partial charge on any atom is -0.411 e. The molecule has 0 aliphatic rings. The predicted octanol–water partition coefficient (Wildman–Crippen LogP) is 4.00. The molecule has 0 aliphatic heterocycles. The largest absolute Gasteiger partial charge is 0.411 e. The number of anilines is 1. The zero-order valence-electron chi connectivity index (χ0n) is 17.0. The molecule has 158 valence electrons. The third kappa shape index (κ3) is 5.34. The number of carbonyl (C=O) groups excluding carboxylic acids is 1. The van der Waals surface area contributed by atoms with Crippen molar-refractivity contribution < 1.29 is 13.7 Å². The van der Waals surface area contributed by atoms with E-state index in [-0.39, 0.29) is 12.3 Å². The number of hydrogen-bond donors (Lipinski definition) is 1. The number of nitrogens with zero attached hydrogens (tertiary/aromatic N) is 5. The van der Waals surface area contributed by atoms with E-state index in [1.807, 2.05) is 32.0 Å². The molecule has 0 radical (unpaired) electrons. The van der Waals surface area contributed by atoms with Crippen LogP contribution in [0.25, 0.3) is 11.5 Å². The van der Waals surface area contributed by atoms with Crippen molar-refractivity contribution in [2.24, 2.45) is 0 Å². The van der Waals surface area contributed by atoms with Crippen LogP contribution in [0, 0.1) is 13.8 Å². The monoisotopic (exact) mass is 436 g/mol. The van der Waals surface area contributed by atoms with E-state index in [1.165, 1.54) is 11.8 Å². The molecule has 0 bridgehead atoms. The molecule has 1 amide bonds. The van der Waals surface area contributed by atoms with Gasteiger partial charge in [-0.05, 0) is 37.1 Å². The van der Waals surface area contributed by atoms with Crippen LogP contribution in [0.1, 0.15) is 29.3 Å². The van der Waals surface area contributed by atoms with Crippen LogP contribution in [0.2, 0.25) is 0 Å². The molecule has 0 aliphatic carbocycles. The highest BCUT2D eigenvalue weighted by atomic mass is 32.2. The molecule has 0 saturated heterocycles. The predicted molar refractivity (Wildman–Crippen MR) is 114 cm³/mol. The Morgan fingerprint density at radius 3 is 2.65 bits per heavy atom. The molecule has 10 heteroatoms. The smallest absolute Gasteiger partial charge is 0.277 e. The summed E-state index contributed by atoms with van der Waals surface area (Å²) in [6.07, 6.45) is 3.94. The van der Waals surface area contributed by atoms with Gasteiger partial charge in [0.15, 0.2) is 5.82 Å². The lowest BCUT2D eigenvalue weighted by Gasteiger charge is -2.10. The Bertz CT molecular complexity index is 1150. The summed E-state index contributed by atoms with van der Waals surface area (Å²) in [5.41, 5.74) is 3.70. The van der Waals surface area contributed by atoms with Crippen molar-refractivity contribution in [3.63, 3.8) is 0 Å². The van der Waals surface area contributed by atoms with E-state index in [1.54, 1.807) is 24.5 Å². The molecule has 0 fully saturated rings. The van der Waals surface area contributed by atoms with Gasteiger partial charge < -0.3 is 14.3 Å². The maximum Gasteiger partial charge on any atom is 0.277 e. The Morgan fingerprint density at radius 2 is 1.87 bits per heavy atom. The topological polar surface area (TPSA) is 120 Å². The number of carbonyl (C=O) groups is 1. The molecule has 0 unspecified atom stereocenters. The first kappa shape index (κ1) is 20.7. The maximum absolute atomic E-state index is 12.3. The van der Waals surface area contributed by atoms with Crippen LogP contribution in [-0.4, -0.2) is 31.2 Å². The zero-order chi connectivity index (χ0) is 21.6. The van der Waals surface area contributed by atoms with Gasteiger partial charge in [-0.15, -0.1) is 10.2 Å². The van der Waals surface area contributed by atoms with Gasteiger partial charge in [-0.2, -0.15) is 4.98 Å². The Balaban J connectivity index is 1.27. The molecule has 1 N–H and O–H groups in total. The summed E-state index contributed by atoms with van der Waals surface area (Å²) in [5, 5.41) is 15.4. The molecule has 3 heterocycles. The first-order valence-corrected chi connectivity index (χ1v) is 10.6. The van der Waals surface area contributed by atoms with E-state index in [2.05, 4.69) is 30.6 Å². The molecule has 4 aromatic rings. The van der Waals surface area contributed by atoms with E-state index in [0.717, 1.165) is 22.4 Å². The lowest BCUT2D eigenvalue weighted by atomic mass is 10.1. The van der Waals surface area contributed by atoms with Crippen LogP contribution in [0.3, 0.4) is 0 Å². The lowest BCUT2D eigenvalue weighted by molar-refractivity contribution is -0.116. The third-order valence-electron chi connectivity index (χ3n) is 4.48. The number of nitrogens with one attached hydrogen (secondary N) is 1. The first-order chi connectivity index (χ1) is 15.1. The summed E-state index contributed by atoms with van der Waals surface area (Å²) >= 11 is 1.31. The van der Waals surface area contributed by atoms with E-state index < -0.39 is 0 Å². The van der Waals surface area contributed by atoms with Crippen LogP contribution >= 0.6 is 11.8 Å². The molecule has 0 saturated carbocycles. The quantitative estimate of drug-likeness (QED) is 0.409. The average molecular weight is 436 g/mol. The van der Waals surface area contributed by atoms with Gasteiger partial charge in [-0.1, -0.05) is 35.1 Å². The molecule has 3 aromatic heterocycles. The number of pyridine rings is 1. The Morgan fingerprint density at radius 1 is 1.10 bits per heavy atom. The van der Waals surface area contributed by atoms with Gasteiger partial charge in [0.25, 0.3) is 5.22 Å². The number of rotatable bonds is 8. The molecule has 31 heavy (non-hydrogen) atoms. The van der Waals surface area contributed by atoms with Crippen molar-refractivity contribution in [3.05, 3.63) is 65.6 Å². The number of aryl methyl sites for hydroxylation is 3. The second-order valence-corrected chi connectivity index (χ2v) is 7.74. The summed E-state index contributed by atoms with van der Waals surface area (Å²) < 4.78 is 10.9. The fraction of sp³-hybridized carbons (Fsp3) is 0.238. The highest BCUT2D eigenvalue weighted by Gasteiger charge is 2.14. The van der Waals surface area contributed by atoms with Crippen molar-refractivity contribution in [3.8, 4) is 11.5 Å². The molecule has 0 atom stereocenters. The van der Waals surface area contributed by atoms with Crippen LogP contribution in [0.4, 0.5) is 5.69 Å². The van der Waals surface area contributed by atoms with E-state index in [0.29, 0.717) is 35.0 Å². The molecule has 1 aromatic carbocycles. The number of amides is 1. The summed E-state index contributed by atoms with van der Waals surface area (Å²) in [6.45, 7) is 3.93. The van der Waals surface area contributed by atoms with Crippen LogP contribution in [0.15, 0.2) is 56.9 Å². The SMILES string of the molecule is Cc1cccc(C)c1NC(=O)CCc1nc(CSc2nnc(-c3ccncc3)o2)no1. The van der Waals surface area contributed by atoms with Gasteiger partial charge in [0.1, 0.15) is 0 Å². The number of benzene rings is 1. The first-order valence-electron chi connectivity index (χ1n) is 9.62. The fourth-order valence-electron chi connectivity index (χ4n) is 2.89. The molecule has 0 spiro atoms. The highest BCUT2D eigenvalue weighted by molar-refractivity contribution is 7.98. The summed E-state index contributed by atoms with van der Waals surface area (Å²) in [5.74, 6) is 1.65. The van der Waals surface area contributed by atoms with Crippen molar-refractivity contribution in [2.75, 3.05) is 5.32 Å². The van der Waals surface area contributed by atoms with Gasteiger partial charge in [0, 0.05) is 36.5 Å². The van der Waals surface area contributed by atoms with E-state index >= 15 is 0 Å². The van der Waals surface area contributed by atoms with E-state index in [4.69, 9.17) is 8.94 Å². The maximum atomic E-state index is 12.3. The second kappa shape index (κ2) is 9.52. The van der Waals surface area contributed by atoms with Crippen LogP contribution in [0.5, 0.6) is 0 Å². The van der Waals surface area contributed by atoms with Crippen molar-refractivity contribution in [1.29, 1.82) is 0 Å². The lowest BCUT2D eigenvalue weighted by Crippen LogP contribution is -2.14. The Kier molecular flexibility index (Phi) is 6.37. The van der Waals surface area contributed by atoms with Crippen LogP contribution < -0.4 is 5.32 Å². The number of thioether (sulfide) groups is 1. The van der Waals surface area contributed by atoms with Crippen molar-refractivity contribution in [1.82, 2.24) is 25.3 Å². The Labute approximate surface area is 182 Å². The summed E-state index contributed by atoms with van der Waals surface area (Å²) in [7, 11) is 0. The Hall–Kier alpha value is -3.53. The zero-order valence-corrected chi connectivity index (χ0v) is 17.8. The van der Waals surface area contributed by atoms with Gasteiger partial charge in [0.2, 0.25) is 17.7 Å². The van der Waals surface area contributed by atoms with E-state index in [9.17, 15) is 4.79 Å². The van der Waals surface area contributed by atoms with Crippen molar-refractivity contribution in [2.45, 2.75) is 37.7 Å². The average Bonchev–Trinajstić information content (AvgIpc) is 3.44. The number of aromatic nitrogens is 5. The standard InChI is InChI=1S/C21H20N6O3S/c1-13-4-3-5-14(2)19(13)24-17(28)6-7-18-23-16(27-30-18)12-31-21-26-25-20(29-21)15-8-10-22-11-9-15/h3-5,8-11H,6-7,12H2,1-2H3,(H,24,28). The second-order valence-electron chi connectivity index (χ2n) is 6.82. The van der Waals surface area contributed by atoms with Gasteiger partial charge in [0.05, 0.1) is 5.75 Å². The van der Waals surface area contributed by atoms with Gasteiger partial charge >= 0.3 is 0 Å². The fourth-order valence-corrected chi connectivity index (χ4v) is 3.50. The number of hydrogen-bond acceptors (Lipinski definition) is 9. The van der Waals surface area contributed by atoms with Crippen LogP contribution in [-0.2, 0) is 17.0 Å². The minimum absolute atomic E-state index is 0.0963. The highest BCUT2D eigenvalue weighted by Crippen LogP contribution is 2.25. The molecular weight excluding hydrogens is 416 g/mol. The summed E-state index contributed by atoms with van der Waals surface area (Å²) in [4.78, 5) is 20.6.